The quantitative estimate of drug-likeness (QED) is 0.580. The zero-order valence-electron chi connectivity index (χ0n) is 9.20. The average molecular weight is 232 g/mol. The summed E-state index contributed by atoms with van der Waals surface area (Å²) in [6.07, 6.45) is -0.102. The molecular weight excluding hydrogens is 220 g/mol. The zero-order valence-corrected chi connectivity index (χ0v) is 9.20. The van der Waals surface area contributed by atoms with Gasteiger partial charge in [0.05, 0.1) is 6.61 Å². The fourth-order valence-electron chi connectivity index (χ4n) is 1.39. The Morgan fingerprint density at radius 1 is 1.47 bits per heavy atom. The van der Waals surface area contributed by atoms with Gasteiger partial charge in [0.15, 0.2) is 5.71 Å². The van der Waals surface area contributed by atoms with Crippen molar-refractivity contribution in [1.29, 1.82) is 5.26 Å². The van der Waals surface area contributed by atoms with Gasteiger partial charge in [-0.3, -0.25) is 0 Å². The molecule has 0 aliphatic carbocycles. The van der Waals surface area contributed by atoms with Crippen LogP contribution >= 0.6 is 0 Å². The average Bonchev–Trinajstić information content (AvgIpc) is 2.89. The number of nitriles is 1. The molecule has 5 nitrogen and oxygen atoms in total. The van der Waals surface area contributed by atoms with Gasteiger partial charge in [0.1, 0.15) is 25.6 Å². The van der Waals surface area contributed by atoms with Crippen molar-refractivity contribution < 1.29 is 14.3 Å². The van der Waals surface area contributed by atoms with Gasteiger partial charge in [-0.15, -0.1) is 0 Å². The second-order valence-corrected chi connectivity index (χ2v) is 3.49. The van der Waals surface area contributed by atoms with E-state index in [1.54, 1.807) is 12.1 Å². The molecule has 2 rings (SSSR count). The van der Waals surface area contributed by atoms with Crippen molar-refractivity contribution in [3.63, 3.8) is 0 Å². The highest BCUT2D eigenvalue weighted by atomic mass is 16.7. The van der Waals surface area contributed by atoms with Crippen LogP contribution < -0.4 is 0 Å². The van der Waals surface area contributed by atoms with E-state index in [0.29, 0.717) is 13.4 Å². The fourth-order valence-corrected chi connectivity index (χ4v) is 1.39. The maximum absolute atomic E-state index is 8.95. The highest BCUT2D eigenvalue weighted by Gasteiger charge is 2.16. The van der Waals surface area contributed by atoms with Gasteiger partial charge in [0.25, 0.3) is 0 Å². The number of hydrogen-bond donors (Lipinski definition) is 0. The third kappa shape index (κ3) is 3.28. The van der Waals surface area contributed by atoms with Gasteiger partial charge in [-0.1, -0.05) is 35.5 Å². The van der Waals surface area contributed by atoms with Crippen LogP contribution in [0, 0.1) is 11.3 Å². The molecule has 0 spiro atoms. The molecule has 5 heteroatoms. The molecule has 88 valence electrons. The van der Waals surface area contributed by atoms with Gasteiger partial charge in [-0.2, -0.15) is 5.26 Å². The van der Waals surface area contributed by atoms with E-state index in [-0.39, 0.29) is 18.4 Å². The Hall–Kier alpha value is -1.90. The molecule has 0 saturated carbocycles. The number of hydrogen-bond acceptors (Lipinski definition) is 5. The fraction of sp³-hybridized carbons (Fsp3) is 0.333. The summed E-state index contributed by atoms with van der Waals surface area (Å²) in [7, 11) is 0. The molecule has 1 aromatic rings. The molecule has 0 aromatic heterocycles. The molecule has 0 N–H and O–H groups in total. The SMILES string of the molecule is N#CC(=NOCC1COCO1)c1ccccc1. The Balaban J connectivity index is 1.92. The van der Waals surface area contributed by atoms with Crippen molar-refractivity contribution in [1.82, 2.24) is 0 Å². The zero-order chi connectivity index (χ0) is 11.9. The normalized spacial score (nSPS) is 19.9. The van der Waals surface area contributed by atoms with E-state index in [9.17, 15) is 0 Å². The predicted molar refractivity (Wildman–Crippen MR) is 60.2 cm³/mol. The third-order valence-electron chi connectivity index (χ3n) is 2.26. The largest absolute Gasteiger partial charge is 0.392 e. The maximum Gasteiger partial charge on any atom is 0.186 e. The van der Waals surface area contributed by atoms with Crippen molar-refractivity contribution in [2.45, 2.75) is 6.10 Å². The number of rotatable bonds is 4. The van der Waals surface area contributed by atoms with Crippen LogP contribution in [0.3, 0.4) is 0 Å². The van der Waals surface area contributed by atoms with Crippen LogP contribution in [0.15, 0.2) is 35.5 Å². The lowest BCUT2D eigenvalue weighted by atomic mass is 10.1. The minimum absolute atomic E-state index is 0.102. The minimum Gasteiger partial charge on any atom is -0.392 e. The smallest absolute Gasteiger partial charge is 0.186 e. The van der Waals surface area contributed by atoms with Gasteiger partial charge in [-0.05, 0) is 0 Å². The number of benzene rings is 1. The first-order valence-corrected chi connectivity index (χ1v) is 5.25. The second kappa shape index (κ2) is 5.99. The predicted octanol–water partition coefficient (Wildman–Crippen LogP) is 1.30. The van der Waals surface area contributed by atoms with E-state index >= 15 is 0 Å². The molecule has 1 aliphatic rings. The summed E-state index contributed by atoms with van der Waals surface area (Å²) in [5, 5.41) is 12.8. The molecule has 1 atom stereocenters. The molecule has 1 heterocycles. The van der Waals surface area contributed by atoms with Gasteiger partial charge in [0, 0.05) is 5.56 Å². The number of oxime groups is 1. The number of ether oxygens (including phenoxy) is 2. The molecule has 0 amide bonds. The first-order chi connectivity index (χ1) is 8.40. The third-order valence-corrected chi connectivity index (χ3v) is 2.26. The van der Waals surface area contributed by atoms with Crippen LogP contribution in [0.5, 0.6) is 0 Å². The van der Waals surface area contributed by atoms with Crippen molar-refractivity contribution in [2.75, 3.05) is 20.0 Å². The summed E-state index contributed by atoms with van der Waals surface area (Å²) in [5.41, 5.74) is 0.989. The van der Waals surface area contributed by atoms with E-state index < -0.39 is 0 Å². The standard InChI is InChI=1S/C12H12N2O3/c13-6-12(10-4-2-1-3-5-10)14-17-8-11-7-15-9-16-11/h1-5,11H,7-9H2. The molecule has 17 heavy (non-hydrogen) atoms. The van der Waals surface area contributed by atoms with E-state index in [1.165, 1.54) is 0 Å². The Bertz CT molecular complexity index is 419. The minimum atomic E-state index is -0.102. The lowest BCUT2D eigenvalue weighted by molar-refractivity contribution is 0.00680. The first kappa shape index (κ1) is 11.6. The summed E-state index contributed by atoms with van der Waals surface area (Å²) in [4.78, 5) is 5.09. The summed E-state index contributed by atoms with van der Waals surface area (Å²) in [6, 6.07) is 11.2. The molecule has 1 fully saturated rings. The molecule has 1 saturated heterocycles. The summed E-state index contributed by atoms with van der Waals surface area (Å²) >= 11 is 0. The van der Waals surface area contributed by atoms with Gasteiger partial charge < -0.3 is 14.3 Å². The second-order valence-electron chi connectivity index (χ2n) is 3.49. The van der Waals surface area contributed by atoms with Crippen LogP contribution in [-0.4, -0.2) is 31.8 Å². The Labute approximate surface area is 99.2 Å². The van der Waals surface area contributed by atoms with Crippen molar-refractivity contribution in [3.8, 4) is 6.07 Å². The molecule has 1 aromatic carbocycles. The lowest BCUT2D eigenvalue weighted by Gasteiger charge is -2.05. The van der Waals surface area contributed by atoms with E-state index in [2.05, 4.69) is 5.16 Å². The Morgan fingerprint density at radius 2 is 2.29 bits per heavy atom. The molecule has 1 aliphatic heterocycles. The van der Waals surface area contributed by atoms with Crippen LogP contribution in [0.4, 0.5) is 0 Å². The van der Waals surface area contributed by atoms with Gasteiger partial charge >= 0.3 is 0 Å². The summed E-state index contributed by atoms with van der Waals surface area (Å²) < 4.78 is 10.2. The van der Waals surface area contributed by atoms with Crippen LogP contribution in [0.1, 0.15) is 5.56 Å². The molecule has 0 radical (unpaired) electrons. The van der Waals surface area contributed by atoms with Gasteiger partial charge in [0.2, 0.25) is 0 Å². The van der Waals surface area contributed by atoms with E-state index in [1.807, 2.05) is 24.3 Å². The first-order valence-electron chi connectivity index (χ1n) is 5.25. The molecular formula is C12H12N2O3. The summed E-state index contributed by atoms with van der Waals surface area (Å²) in [6.45, 7) is 1.09. The molecule has 0 bridgehead atoms. The van der Waals surface area contributed by atoms with Crippen LogP contribution in [-0.2, 0) is 14.3 Å². The highest BCUT2D eigenvalue weighted by Crippen LogP contribution is 2.05. The molecule has 1 unspecified atom stereocenters. The lowest BCUT2D eigenvalue weighted by Crippen LogP contribution is -2.16. The highest BCUT2D eigenvalue weighted by molar-refractivity contribution is 6.11. The van der Waals surface area contributed by atoms with E-state index in [4.69, 9.17) is 19.6 Å². The van der Waals surface area contributed by atoms with Crippen molar-refractivity contribution >= 4 is 5.71 Å². The topological polar surface area (TPSA) is 63.8 Å². The monoisotopic (exact) mass is 232 g/mol. The van der Waals surface area contributed by atoms with Crippen LogP contribution in [0.2, 0.25) is 0 Å². The maximum atomic E-state index is 8.95. The Morgan fingerprint density at radius 3 is 2.94 bits per heavy atom. The summed E-state index contributed by atoms with van der Waals surface area (Å²) in [5.74, 6) is 0. The van der Waals surface area contributed by atoms with Crippen molar-refractivity contribution in [3.05, 3.63) is 35.9 Å². The number of nitrogens with zero attached hydrogens (tertiary/aromatic N) is 2. The Kier molecular flexibility index (Phi) is 4.08. The van der Waals surface area contributed by atoms with Crippen molar-refractivity contribution in [2.24, 2.45) is 5.16 Å². The van der Waals surface area contributed by atoms with Gasteiger partial charge in [-0.25, -0.2) is 0 Å². The van der Waals surface area contributed by atoms with Crippen LogP contribution in [0.25, 0.3) is 0 Å². The van der Waals surface area contributed by atoms with E-state index in [0.717, 1.165) is 5.56 Å².